The zero-order valence-electron chi connectivity index (χ0n) is 10.2. The Bertz CT molecular complexity index is 386. The monoisotopic (exact) mass is 249 g/mol. The third-order valence-electron chi connectivity index (χ3n) is 3.25. The van der Waals surface area contributed by atoms with Gasteiger partial charge in [0.15, 0.2) is 0 Å². The van der Waals surface area contributed by atoms with Gasteiger partial charge in [0.1, 0.15) is 0 Å². The van der Waals surface area contributed by atoms with Crippen molar-refractivity contribution in [3.05, 3.63) is 35.4 Å². The predicted molar refractivity (Wildman–Crippen MR) is 73.1 cm³/mol. The van der Waals surface area contributed by atoms with Crippen molar-refractivity contribution in [2.45, 2.75) is 26.3 Å². The molecule has 1 N–H and O–H groups in total. The molecule has 1 amide bonds. The molecule has 1 fully saturated rings. The van der Waals surface area contributed by atoms with Crippen molar-refractivity contribution < 1.29 is 4.79 Å². The van der Waals surface area contributed by atoms with Gasteiger partial charge in [0.2, 0.25) is 5.91 Å². The predicted octanol–water partition coefficient (Wildman–Crippen LogP) is 2.75. The lowest BCUT2D eigenvalue weighted by atomic mass is 10.0. The quantitative estimate of drug-likeness (QED) is 0.892. The van der Waals surface area contributed by atoms with Gasteiger partial charge in [0, 0.05) is 18.2 Å². The molecule has 1 unspecified atom stereocenters. The number of amides is 1. The molecule has 1 aromatic rings. The molecule has 2 nitrogen and oxygen atoms in total. The van der Waals surface area contributed by atoms with E-state index in [4.69, 9.17) is 0 Å². The topological polar surface area (TPSA) is 29.1 Å². The van der Waals surface area contributed by atoms with Crippen LogP contribution in [-0.2, 0) is 11.3 Å². The summed E-state index contributed by atoms with van der Waals surface area (Å²) in [5, 5.41) is 3.06. The van der Waals surface area contributed by atoms with E-state index >= 15 is 0 Å². The maximum Gasteiger partial charge on any atom is 0.224 e. The normalized spacial score (nSPS) is 19.9. The number of benzene rings is 1. The molecule has 1 heterocycles. The van der Waals surface area contributed by atoms with Gasteiger partial charge in [-0.3, -0.25) is 4.79 Å². The molecule has 0 saturated carbocycles. The summed E-state index contributed by atoms with van der Waals surface area (Å²) in [5.74, 6) is 2.64. The minimum absolute atomic E-state index is 0.220. The highest BCUT2D eigenvalue weighted by Gasteiger charge is 2.20. The Kier molecular flexibility index (Phi) is 4.49. The van der Waals surface area contributed by atoms with E-state index in [0.29, 0.717) is 6.54 Å². The number of rotatable bonds is 3. The molecule has 2 rings (SSSR count). The van der Waals surface area contributed by atoms with Gasteiger partial charge >= 0.3 is 0 Å². The maximum atomic E-state index is 12.0. The average molecular weight is 249 g/mol. The molecule has 1 atom stereocenters. The van der Waals surface area contributed by atoms with Crippen molar-refractivity contribution >= 4 is 17.7 Å². The van der Waals surface area contributed by atoms with E-state index < -0.39 is 0 Å². The Hall–Kier alpha value is -0.960. The van der Waals surface area contributed by atoms with Gasteiger partial charge in [-0.05, 0) is 36.6 Å². The van der Waals surface area contributed by atoms with Crippen LogP contribution in [0.5, 0.6) is 0 Å². The lowest BCUT2D eigenvalue weighted by Gasteiger charge is -2.20. The molecular formula is C14H19NOS. The van der Waals surface area contributed by atoms with Crippen molar-refractivity contribution in [2.24, 2.45) is 5.92 Å². The van der Waals surface area contributed by atoms with Gasteiger partial charge in [-0.1, -0.05) is 24.3 Å². The van der Waals surface area contributed by atoms with Gasteiger partial charge < -0.3 is 5.32 Å². The zero-order valence-corrected chi connectivity index (χ0v) is 11.1. The number of thioether (sulfide) groups is 1. The van der Waals surface area contributed by atoms with Crippen LogP contribution in [0, 0.1) is 12.8 Å². The summed E-state index contributed by atoms with van der Waals surface area (Å²) in [4.78, 5) is 12.0. The first-order valence-electron chi connectivity index (χ1n) is 6.17. The molecule has 1 aromatic carbocycles. The molecule has 0 bridgehead atoms. The molecule has 17 heavy (non-hydrogen) atoms. The van der Waals surface area contributed by atoms with E-state index in [1.54, 1.807) is 0 Å². The lowest BCUT2D eigenvalue weighted by molar-refractivity contribution is -0.124. The number of aryl methyl sites for hydroxylation is 1. The van der Waals surface area contributed by atoms with E-state index in [9.17, 15) is 4.79 Å². The van der Waals surface area contributed by atoms with Crippen molar-refractivity contribution in [1.82, 2.24) is 5.32 Å². The minimum Gasteiger partial charge on any atom is -0.352 e. The van der Waals surface area contributed by atoms with Gasteiger partial charge in [0.05, 0.1) is 0 Å². The zero-order chi connectivity index (χ0) is 12.1. The summed E-state index contributed by atoms with van der Waals surface area (Å²) in [7, 11) is 0. The summed E-state index contributed by atoms with van der Waals surface area (Å²) in [6.45, 7) is 2.74. The van der Waals surface area contributed by atoms with E-state index in [0.717, 1.165) is 12.2 Å². The van der Waals surface area contributed by atoms with Crippen molar-refractivity contribution in [3.8, 4) is 0 Å². The first kappa shape index (κ1) is 12.5. The number of carbonyl (C=O) groups excluding carboxylic acids is 1. The molecule has 92 valence electrons. The molecule has 0 aromatic heterocycles. The number of nitrogens with one attached hydrogen (secondary N) is 1. The lowest BCUT2D eigenvalue weighted by Crippen LogP contribution is -2.33. The second-order valence-corrected chi connectivity index (χ2v) is 5.71. The second-order valence-electron chi connectivity index (χ2n) is 4.56. The first-order valence-corrected chi connectivity index (χ1v) is 7.33. The summed E-state index contributed by atoms with van der Waals surface area (Å²) >= 11 is 1.90. The molecular weight excluding hydrogens is 230 g/mol. The van der Waals surface area contributed by atoms with Crippen molar-refractivity contribution in [3.63, 3.8) is 0 Å². The molecule has 0 aliphatic carbocycles. The third-order valence-corrected chi connectivity index (χ3v) is 4.46. The number of hydrogen-bond donors (Lipinski definition) is 1. The molecule has 1 saturated heterocycles. The van der Waals surface area contributed by atoms with Crippen LogP contribution >= 0.6 is 11.8 Å². The SMILES string of the molecule is Cc1ccccc1CNC(=O)C1CCCSC1. The van der Waals surface area contributed by atoms with Crippen LogP contribution < -0.4 is 5.32 Å². The Morgan fingerprint density at radius 2 is 2.29 bits per heavy atom. The third kappa shape index (κ3) is 3.50. The van der Waals surface area contributed by atoms with Gasteiger partial charge in [-0.15, -0.1) is 0 Å². The summed E-state index contributed by atoms with van der Waals surface area (Å²) in [6.07, 6.45) is 2.22. The molecule has 1 aliphatic rings. The van der Waals surface area contributed by atoms with Crippen LogP contribution in [0.4, 0.5) is 0 Å². The Morgan fingerprint density at radius 3 is 3.00 bits per heavy atom. The summed E-state index contributed by atoms with van der Waals surface area (Å²) < 4.78 is 0. The fraction of sp³-hybridized carbons (Fsp3) is 0.500. The van der Waals surface area contributed by atoms with E-state index in [1.807, 2.05) is 23.9 Å². The standard InChI is InChI=1S/C14H19NOS/c1-11-5-2-3-6-12(11)9-15-14(16)13-7-4-8-17-10-13/h2-3,5-6,13H,4,7-10H2,1H3,(H,15,16). The van der Waals surface area contributed by atoms with Crippen LogP contribution in [0.1, 0.15) is 24.0 Å². The van der Waals surface area contributed by atoms with Crippen LogP contribution in [0.25, 0.3) is 0 Å². The maximum absolute atomic E-state index is 12.0. The first-order chi connectivity index (χ1) is 8.27. The average Bonchev–Trinajstić information content (AvgIpc) is 2.38. The Labute approximate surface area is 107 Å². The van der Waals surface area contributed by atoms with Gasteiger partial charge in [-0.25, -0.2) is 0 Å². The Morgan fingerprint density at radius 1 is 1.47 bits per heavy atom. The van der Waals surface area contributed by atoms with Crippen molar-refractivity contribution in [1.29, 1.82) is 0 Å². The minimum atomic E-state index is 0.220. The van der Waals surface area contributed by atoms with E-state index in [2.05, 4.69) is 24.4 Å². The fourth-order valence-corrected chi connectivity index (χ4v) is 3.22. The molecule has 0 radical (unpaired) electrons. The van der Waals surface area contributed by atoms with Crippen LogP contribution in [0.15, 0.2) is 24.3 Å². The van der Waals surface area contributed by atoms with Crippen LogP contribution in [0.2, 0.25) is 0 Å². The number of carbonyl (C=O) groups is 1. The van der Waals surface area contributed by atoms with Gasteiger partial charge in [0.25, 0.3) is 0 Å². The Balaban J connectivity index is 1.85. The van der Waals surface area contributed by atoms with Crippen LogP contribution in [0.3, 0.4) is 0 Å². The smallest absolute Gasteiger partial charge is 0.224 e. The highest BCUT2D eigenvalue weighted by Crippen LogP contribution is 2.22. The van der Waals surface area contributed by atoms with E-state index in [-0.39, 0.29) is 11.8 Å². The second kappa shape index (κ2) is 6.10. The highest BCUT2D eigenvalue weighted by molar-refractivity contribution is 7.99. The molecule has 1 aliphatic heterocycles. The fourth-order valence-electron chi connectivity index (χ4n) is 2.08. The van der Waals surface area contributed by atoms with Gasteiger partial charge in [-0.2, -0.15) is 11.8 Å². The summed E-state index contributed by atoms with van der Waals surface area (Å²) in [5.41, 5.74) is 2.45. The summed E-state index contributed by atoms with van der Waals surface area (Å²) in [6, 6.07) is 8.20. The largest absolute Gasteiger partial charge is 0.352 e. The van der Waals surface area contributed by atoms with Crippen molar-refractivity contribution in [2.75, 3.05) is 11.5 Å². The van der Waals surface area contributed by atoms with Crippen LogP contribution in [-0.4, -0.2) is 17.4 Å². The number of hydrogen-bond acceptors (Lipinski definition) is 2. The highest BCUT2D eigenvalue weighted by atomic mass is 32.2. The molecule has 3 heteroatoms. The van der Waals surface area contributed by atoms with E-state index in [1.165, 1.54) is 23.3 Å². The molecule has 0 spiro atoms.